The van der Waals surface area contributed by atoms with Crippen LogP contribution in [0.2, 0.25) is 0 Å². The molecule has 0 aromatic heterocycles. The maximum Gasteiger partial charge on any atom is 0.0473 e. The molecule has 0 N–H and O–H groups in total. The maximum atomic E-state index is 4.43. The van der Waals surface area contributed by atoms with E-state index in [9.17, 15) is 0 Å². The number of fused-ring (bicyclic) bond motifs is 2. The molecule has 5 aromatic carbocycles. The molecule has 7 rings (SSSR count). The lowest BCUT2D eigenvalue weighted by Gasteiger charge is -2.37. The molecule has 0 heterocycles. The molecule has 0 saturated carbocycles. The quantitative estimate of drug-likeness (QED) is 0.193. The van der Waals surface area contributed by atoms with E-state index in [1.54, 1.807) is 0 Å². The van der Waals surface area contributed by atoms with Gasteiger partial charge in [-0.25, -0.2) is 0 Å². The van der Waals surface area contributed by atoms with Crippen LogP contribution in [0.3, 0.4) is 0 Å². The minimum Gasteiger partial charge on any atom is -0.0622 e. The first-order valence-electron chi connectivity index (χ1n) is 14.8. The molecular weight excluding hydrogens is 560 g/mol. The van der Waals surface area contributed by atoms with Crippen molar-refractivity contribution in [3.05, 3.63) is 176 Å². The first-order chi connectivity index (χ1) is 19.7. The molecular formula is C40H37Br. The highest BCUT2D eigenvalue weighted by atomic mass is 79.9. The summed E-state index contributed by atoms with van der Waals surface area (Å²) in [6.07, 6.45) is 2.05. The van der Waals surface area contributed by atoms with E-state index in [1.807, 2.05) is 0 Å². The van der Waals surface area contributed by atoms with Crippen LogP contribution in [-0.2, 0) is 21.7 Å². The lowest BCUT2D eigenvalue weighted by Crippen LogP contribution is -2.31. The van der Waals surface area contributed by atoms with Crippen molar-refractivity contribution in [2.45, 2.75) is 62.2 Å². The SMILES string of the molecule is CC1(C)CC(c2ccccc2)(c2ccccc2)c2c1cc1c(c2Br)C(c2ccccc2)(c2ccccc2)CC1(C)C. The number of hydrogen-bond acceptors (Lipinski definition) is 0. The van der Waals surface area contributed by atoms with Crippen molar-refractivity contribution in [1.29, 1.82) is 0 Å². The summed E-state index contributed by atoms with van der Waals surface area (Å²) in [4.78, 5) is 0. The van der Waals surface area contributed by atoms with Gasteiger partial charge in [-0.05, 0) is 68.2 Å². The van der Waals surface area contributed by atoms with Gasteiger partial charge in [0.15, 0.2) is 0 Å². The van der Waals surface area contributed by atoms with Crippen LogP contribution in [0.15, 0.2) is 132 Å². The van der Waals surface area contributed by atoms with E-state index >= 15 is 0 Å². The standard InChI is InChI=1S/C40H37Br/c1-37(2)26-39(28-17-9-5-10-18-28,29-19-11-6-12-20-29)34-32(37)25-33-35(36(34)41)40(27-38(33,3)4,30-21-13-7-14-22-30)31-23-15-8-16-24-31/h5-25H,26-27H2,1-4H3. The summed E-state index contributed by atoms with van der Waals surface area (Å²) in [5, 5.41) is 0. The second-order valence-electron chi connectivity index (χ2n) is 13.4. The Morgan fingerprint density at radius 3 is 0.976 bits per heavy atom. The van der Waals surface area contributed by atoms with Gasteiger partial charge in [0.2, 0.25) is 0 Å². The van der Waals surface area contributed by atoms with Crippen LogP contribution in [0, 0.1) is 0 Å². The van der Waals surface area contributed by atoms with Gasteiger partial charge in [-0.3, -0.25) is 0 Å². The maximum absolute atomic E-state index is 4.43. The van der Waals surface area contributed by atoms with E-state index < -0.39 is 0 Å². The second kappa shape index (κ2) is 9.30. The van der Waals surface area contributed by atoms with E-state index in [0.29, 0.717) is 0 Å². The summed E-state index contributed by atoms with van der Waals surface area (Å²) in [7, 11) is 0. The van der Waals surface area contributed by atoms with Crippen molar-refractivity contribution in [3.63, 3.8) is 0 Å². The lowest BCUT2D eigenvalue weighted by atomic mass is 9.66. The number of benzene rings is 5. The van der Waals surface area contributed by atoms with Crippen LogP contribution in [0.25, 0.3) is 0 Å². The highest BCUT2D eigenvalue weighted by Crippen LogP contribution is 2.65. The Morgan fingerprint density at radius 2 is 0.707 bits per heavy atom. The molecule has 0 saturated heterocycles. The average molecular weight is 598 g/mol. The molecule has 0 spiro atoms. The summed E-state index contributed by atoms with van der Waals surface area (Å²) >= 11 is 4.43. The van der Waals surface area contributed by atoms with Crippen molar-refractivity contribution >= 4 is 15.9 Å². The van der Waals surface area contributed by atoms with E-state index in [2.05, 4.69) is 171 Å². The molecule has 0 fully saturated rings. The highest BCUT2D eigenvalue weighted by molar-refractivity contribution is 9.10. The average Bonchev–Trinajstić information content (AvgIpc) is 3.41. The monoisotopic (exact) mass is 596 g/mol. The Hall–Kier alpha value is -3.42. The van der Waals surface area contributed by atoms with Crippen LogP contribution in [-0.4, -0.2) is 0 Å². The fourth-order valence-corrected chi connectivity index (χ4v) is 9.56. The van der Waals surface area contributed by atoms with Gasteiger partial charge in [0.05, 0.1) is 0 Å². The summed E-state index contributed by atoms with van der Waals surface area (Å²) in [5.41, 5.74) is 10.7. The van der Waals surface area contributed by atoms with Crippen LogP contribution < -0.4 is 0 Å². The Balaban J connectivity index is 1.65. The molecule has 204 valence electrons. The molecule has 2 aliphatic carbocycles. The molecule has 1 heteroatoms. The molecule has 0 nitrogen and oxygen atoms in total. The van der Waals surface area contributed by atoms with E-state index in [0.717, 1.165) is 12.8 Å². The number of halogens is 1. The predicted octanol–water partition coefficient (Wildman–Crippen LogP) is 10.5. The molecule has 0 unspecified atom stereocenters. The van der Waals surface area contributed by atoms with Gasteiger partial charge in [-0.15, -0.1) is 0 Å². The van der Waals surface area contributed by atoms with Gasteiger partial charge in [0.25, 0.3) is 0 Å². The second-order valence-corrected chi connectivity index (χ2v) is 14.2. The van der Waals surface area contributed by atoms with Gasteiger partial charge >= 0.3 is 0 Å². The fraction of sp³-hybridized carbons (Fsp3) is 0.250. The Bertz CT molecular complexity index is 1510. The summed E-state index contributed by atoms with van der Waals surface area (Å²) in [6.45, 7) is 9.79. The third-order valence-electron chi connectivity index (χ3n) is 10.1. The molecule has 5 aromatic rings. The molecule has 0 aliphatic heterocycles. The summed E-state index contributed by atoms with van der Waals surface area (Å²) < 4.78 is 1.28. The zero-order valence-electron chi connectivity index (χ0n) is 24.4. The minimum absolute atomic E-state index is 0.000605. The lowest BCUT2D eigenvalue weighted by molar-refractivity contribution is 0.435. The first-order valence-corrected chi connectivity index (χ1v) is 15.6. The Kier molecular flexibility index (Phi) is 6.00. The third kappa shape index (κ3) is 3.71. The molecule has 41 heavy (non-hydrogen) atoms. The molecule has 0 bridgehead atoms. The smallest absolute Gasteiger partial charge is 0.0473 e. The topological polar surface area (TPSA) is 0 Å². The first kappa shape index (κ1) is 26.5. The van der Waals surface area contributed by atoms with Crippen LogP contribution in [0.5, 0.6) is 0 Å². The summed E-state index contributed by atoms with van der Waals surface area (Å²) in [6, 6.07) is 47.5. The van der Waals surface area contributed by atoms with Crippen LogP contribution in [0.4, 0.5) is 0 Å². The van der Waals surface area contributed by atoms with Crippen LogP contribution in [0.1, 0.15) is 85.0 Å². The largest absolute Gasteiger partial charge is 0.0622 e. The van der Waals surface area contributed by atoms with Crippen molar-refractivity contribution in [2.75, 3.05) is 0 Å². The Labute approximate surface area is 253 Å². The molecule has 0 atom stereocenters. The minimum atomic E-state index is -0.263. The molecule has 2 aliphatic rings. The molecule has 0 amide bonds. The van der Waals surface area contributed by atoms with Crippen molar-refractivity contribution in [3.8, 4) is 0 Å². The Morgan fingerprint density at radius 1 is 0.439 bits per heavy atom. The predicted molar refractivity (Wildman–Crippen MR) is 175 cm³/mol. The van der Waals surface area contributed by atoms with Gasteiger partial charge < -0.3 is 0 Å². The van der Waals surface area contributed by atoms with E-state index in [1.165, 1.54) is 49.0 Å². The van der Waals surface area contributed by atoms with Gasteiger partial charge in [-0.2, -0.15) is 0 Å². The zero-order valence-corrected chi connectivity index (χ0v) is 26.0. The van der Waals surface area contributed by atoms with Gasteiger partial charge in [0.1, 0.15) is 0 Å². The van der Waals surface area contributed by atoms with Gasteiger partial charge in [0, 0.05) is 15.3 Å². The van der Waals surface area contributed by atoms with Gasteiger partial charge in [-0.1, -0.05) is 171 Å². The van der Waals surface area contributed by atoms with Crippen molar-refractivity contribution in [1.82, 2.24) is 0 Å². The number of rotatable bonds is 4. The fourth-order valence-electron chi connectivity index (χ4n) is 8.45. The van der Waals surface area contributed by atoms with E-state index in [-0.39, 0.29) is 21.7 Å². The summed E-state index contributed by atoms with van der Waals surface area (Å²) in [5.74, 6) is 0. The number of hydrogen-bond donors (Lipinski definition) is 0. The van der Waals surface area contributed by atoms with E-state index in [4.69, 9.17) is 0 Å². The zero-order chi connectivity index (χ0) is 28.5. The highest BCUT2D eigenvalue weighted by Gasteiger charge is 2.57. The third-order valence-corrected chi connectivity index (χ3v) is 10.9. The normalized spacial score (nSPS) is 19.0. The van der Waals surface area contributed by atoms with Crippen molar-refractivity contribution < 1.29 is 0 Å². The van der Waals surface area contributed by atoms with Crippen LogP contribution >= 0.6 is 15.9 Å². The van der Waals surface area contributed by atoms with Crippen molar-refractivity contribution in [2.24, 2.45) is 0 Å². The molecule has 0 radical (unpaired) electrons.